The van der Waals surface area contributed by atoms with Crippen molar-refractivity contribution in [1.29, 1.82) is 0 Å². The van der Waals surface area contributed by atoms with Gasteiger partial charge in [0.1, 0.15) is 5.75 Å². The van der Waals surface area contributed by atoms with Crippen molar-refractivity contribution in [2.24, 2.45) is 0 Å². The van der Waals surface area contributed by atoms with Crippen molar-refractivity contribution in [2.75, 3.05) is 5.32 Å². The number of hydrogen-bond acceptors (Lipinski definition) is 4. The van der Waals surface area contributed by atoms with Crippen LogP contribution >= 0.6 is 0 Å². The SMILES string of the molecule is CCCCC(=O)Nc1c(C)nc(Oc2ccccc2)nc1C. The van der Waals surface area contributed by atoms with Gasteiger partial charge in [0.05, 0.1) is 17.1 Å². The zero-order valence-corrected chi connectivity index (χ0v) is 13.2. The number of hydrogen-bond donors (Lipinski definition) is 1. The predicted molar refractivity (Wildman–Crippen MR) is 86.2 cm³/mol. The Bertz CT molecular complexity index is 619. The number of aryl methyl sites for hydroxylation is 2. The summed E-state index contributed by atoms with van der Waals surface area (Å²) in [7, 11) is 0. The Morgan fingerprint density at radius 1 is 1.14 bits per heavy atom. The second-order valence-electron chi connectivity index (χ2n) is 5.12. The molecule has 116 valence electrons. The first-order valence-electron chi connectivity index (χ1n) is 7.48. The first kappa shape index (κ1) is 15.9. The number of nitrogens with one attached hydrogen (secondary N) is 1. The third kappa shape index (κ3) is 4.28. The van der Waals surface area contributed by atoms with E-state index in [1.165, 1.54) is 0 Å². The fourth-order valence-electron chi connectivity index (χ4n) is 2.05. The lowest BCUT2D eigenvalue weighted by molar-refractivity contribution is -0.116. The summed E-state index contributed by atoms with van der Waals surface area (Å²) in [5.41, 5.74) is 2.06. The fourth-order valence-corrected chi connectivity index (χ4v) is 2.05. The molecule has 0 aliphatic carbocycles. The Morgan fingerprint density at radius 2 is 1.77 bits per heavy atom. The van der Waals surface area contributed by atoms with E-state index in [1.54, 1.807) is 0 Å². The van der Waals surface area contributed by atoms with Crippen LogP contribution in [-0.2, 0) is 4.79 Å². The van der Waals surface area contributed by atoms with Gasteiger partial charge >= 0.3 is 6.01 Å². The number of para-hydroxylation sites is 1. The van der Waals surface area contributed by atoms with Gasteiger partial charge in [0.25, 0.3) is 0 Å². The second kappa shape index (κ2) is 7.54. The monoisotopic (exact) mass is 299 g/mol. The molecule has 1 amide bonds. The molecule has 0 radical (unpaired) electrons. The minimum Gasteiger partial charge on any atom is -0.424 e. The molecule has 2 aromatic rings. The standard InChI is InChI=1S/C17H21N3O2/c1-4-5-11-15(21)20-16-12(2)18-17(19-13(16)3)22-14-9-7-6-8-10-14/h6-10H,4-5,11H2,1-3H3,(H,20,21). The minimum absolute atomic E-state index is 0.00613. The van der Waals surface area contributed by atoms with Gasteiger partial charge in [-0.2, -0.15) is 9.97 Å². The summed E-state index contributed by atoms with van der Waals surface area (Å²) in [6.07, 6.45) is 2.38. The van der Waals surface area contributed by atoms with E-state index in [2.05, 4.69) is 22.2 Å². The van der Waals surface area contributed by atoms with Crippen LogP contribution in [0.4, 0.5) is 5.69 Å². The number of anilines is 1. The lowest BCUT2D eigenvalue weighted by Gasteiger charge is -2.12. The van der Waals surface area contributed by atoms with Crippen LogP contribution in [0.5, 0.6) is 11.8 Å². The lowest BCUT2D eigenvalue weighted by Crippen LogP contribution is -2.14. The van der Waals surface area contributed by atoms with Gasteiger partial charge in [-0.15, -0.1) is 0 Å². The summed E-state index contributed by atoms with van der Waals surface area (Å²) >= 11 is 0. The molecule has 0 aliphatic heterocycles. The average Bonchev–Trinajstić information content (AvgIpc) is 2.50. The zero-order valence-electron chi connectivity index (χ0n) is 13.2. The van der Waals surface area contributed by atoms with E-state index < -0.39 is 0 Å². The van der Waals surface area contributed by atoms with Crippen molar-refractivity contribution in [2.45, 2.75) is 40.0 Å². The molecule has 0 aliphatic rings. The van der Waals surface area contributed by atoms with Crippen molar-refractivity contribution in [3.8, 4) is 11.8 Å². The van der Waals surface area contributed by atoms with Crippen LogP contribution in [0.3, 0.4) is 0 Å². The molecule has 0 fully saturated rings. The Kier molecular flexibility index (Phi) is 5.47. The summed E-state index contributed by atoms with van der Waals surface area (Å²) in [6, 6.07) is 9.66. The first-order chi connectivity index (χ1) is 10.6. The van der Waals surface area contributed by atoms with Gasteiger partial charge in [0, 0.05) is 6.42 Å². The van der Waals surface area contributed by atoms with Gasteiger partial charge in [0.2, 0.25) is 5.91 Å². The molecule has 22 heavy (non-hydrogen) atoms. The van der Waals surface area contributed by atoms with Crippen LogP contribution in [0, 0.1) is 13.8 Å². The molecular formula is C17H21N3O2. The molecule has 0 saturated carbocycles. The van der Waals surface area contributed by atoms with Gasteiger partial charge in [-0.3, -0.25) is 4.79 Å². The molecule has 1 heterocycles. The molecule has 0 atom stereocenters. The van der Waals surface area contributed by atoms with Gasteiger partial charge < -0.3 is 10.1 Å². The fraction of sp³-hybridized carbons (Fsp3) is 0.353. The number of aromatic nitrogens is 2. The molecule has 0 bridgehead atoms. The Morgan fingerprint density at radius 3 is 2.36 bits per heavy atom. The van der Waals surface area contributed by atoms with Crippen molar-refractivity contribution >= 4 is 11.6 Å². The molecule has 2 rings (SSSR count). The van der Waals surface area contributed by atoms with E-state index in [9.17, 15) is 4.79 Å². The third-order valence-electron chi connectivity index (χ3n) is 3.22. The van der Waals surface area contributed by atoms with Crippen molar-refractivity contribution < 1.29 is 9.53 Å². The first-order valence-corrected chi connectivity index (χ1v) is 7.48. The zero-order chi connectivity index (χ0) is 15.9. The molecule has 1 aromatic heterocycles. The average molecular weight is 299 g/mol. The summed E-state index contributed by atoms with van der Waals surface area (Å²) in [4.78, 5) is 20.5. The summed E-state index contributed by atoms with van der Waals surface area (Å²) < 4.78 is 5.63. The maximum Gasteiger partial charge on any atom is 0.322 e. The molecular weight excluding hydrogens is 278 g/mol. The Labute approximate surface area is 130 Å². The molecule has 0 spiro atoms. The molecule has 0 saturated heterocycles. The van der Waals surface area contributed by atoms with Gasteiger partial charge in [-0.25, -0.2) is 0 Å². The van der Waals surface area contributed by atoms with Crippen molar-refractivity contribution in [3.05, 3.63) is 41.7 Å². The third-order valence-corrected chi connectivity index (χ3v) is 3.22. The number of carbonyl (C=O) groups excluding carboxylic acids is 1. The van der Waals surface area contributed by atoms with Crippen LogP contribution in [0.1, 0.15) is 37.6 Å². The van der Waals surface area contributed by atoms with Crippen LogP contribution in [0.2, 0.25) is 0 Å². The number of nitrogens with zero attached hydrogens (tertiary/aromatic N) is 2. The summed E-state index contributed by atoms with van der Waals surface area (Å²) in [6.45, 7) is 5.73. The van der Waals surface area contributed by atoms with Crippen LogP contribution in [0.15, 0.2) is 30.3 Å². The predicted octanol–water partition coefficient (Wildman–Crippen LogP) is 4.01. The van der Waals surface area contributed by atoms with E-state index >= 15 is 0 Å². The van der Waals surface area contributed by atoms with E-state index in [0.29, 0.717) is 29.2 Å². The smallest absolute Gasteiger partial charge is 0.322 e. The normalized spacial score (nSPS) is 10.3. The number of rotatable bonds is 6. The topological polar surface area (TPSA) is 64.1 Å². The number of amides is 1. The van der Waals surface area contributed by atoms with Gasteiger partial charge in [0.15, 0.2) is 0 Å². The Balaban J connectivity index is 2.13. The number of benzene rings is 1. The minimum atomic E-state index is -0.00613. The quantitative estimate of drug-likeness (QED) is 0.875. The van der Waals surface area contributed by atoms with Crippen LogP contribution in [0.25, 0.3) is 0 Å². The van der Waals surface area contributed by atoms with Gasteiger partial charge in [-0.05, 0) is 32.4 Å². The molecule has 1 N–H and O–H groups in total. The van der Waals surface area contributed by atoms with E-state index in [-0.39, 0.29) is 11.9 Å². The summed E-state index contributed by atoms with van der Waals surface area (Å²) in [5, 5.41) is 2.88. The summed E-state index contributed by atoms with van der Waals surface area (Å²) in [5.74, 6) is 0.675. The maximum atomic E-state index is 11.9. The van der Waals surface area contributed by atoms with E-state index in [0.717, 1.165) is 12.8 Å². The molecule has 5 heteroatoms. The van der Waals surface area contributed by atoms with Crippen molar-refractivity contribution in [1.82, 2.24) is 9.97 Å². The van der Waals surface area contributed by atoms with Crippen LogP contribution < -0.4 is 10.1 Å². The lowest BCUT2D eigenvalue weighted by atomic mass is 10.2. The molecule has 5 nitrogen and oxygen atoms in total. The van der Waals surface area contributed by atoms with Gasteiger partial charge in [-0.1, -0.05) is 31.5 Å². The second-order valence-corrected chi connectivity index (χ2v) is 5.12. The highest BCUT2D eigenvalue weighted by molar-refractivity contribution is 5.91. The largest absolute Gasteiger partial charge is 0.424 e. The van der Waals surface area contributed by atoms with Crippen LogP contribution in [-0.4, -0.2) is 15.9 Å². The number of carbonyl (C=O) groups is 1. The molecule has 1 aromatic carbocycles. The van der Waals surface area contributed by atoms with Crippen molar-refractivity contribution in [3.63, 3.8) is 0 Å². The van der Waals surface area contributed by atoms with E-state index in [4.69, 9.17) is 4.74 Å². The van der Waals surface area contributed by atoms with E-state index in [1.807, 2.05) is 44.2 Å². The highest BCUT2D eigenvalue weighted by atomic mass is 16.5. The maximum absolute atomic E-state index is 11.9. The number of unbranched alkanes of at least 4 members (excludes halogenated alkanes) is 1. The molecule has 0 unspecified atom stereocenters. The highest BCUT2D eigenvalue weighted by Crippen LogP contribution is 2.23. The Hall–Kier alpha value is -2.43. The number of ether oxygens (including phenoxy) is 1. The highest BCUT2D eigenvalue weighted by Gasteiger charge is 2.12.